The number of hydrogen-bond acceptors (Lipinski definition) is 2. The van der Waals surface area contributed by atoms with Gasteiger partial charge in [-0.1, -0.05) is 6.92 Å². The first kappa shape index (κ1) is 15.6. The van der Waals surface area contributed by atoms with Gasteiger partial charge in [-0.05, 0) is 6.54 Å². The fourth-order valence-corrected chi connectivity index (χ4v) is 0. The van der Waals surface area contributed by atoms with Crippen molar-refractivity contribution in [1.29, 1.82) is 0 Å². The Balaban J connectivity index is -0.0000000575. The number of aliphatic carboxylic acids is 1. The highest BCUT2D eigenvalue weighted by Gasteiger charge is 1.65. The maximum atomic E-state index is 9.00. The van der Waals surface area contributed by atoms with E-state index in [1.165, 1.54) is 0 Å². The number of carbonyl (C=O) groups is 1. The Labute approximate surface area is 55.3 Å². The largest absolute Gasteiger partial charge is 0.481 e. The van der Waals surface area contributed by atoms with Crippen molar-refractivity contribution < 1.29 is 9.90 Å². The van der Waals surface area contributed by atoms with Gasteiger partial charge in [0.15, 0.2) is 0 Å². The van der Waals surface area contributed by atoms with Crippen LogP contribution >= 0.6 is 12.4 Å². The van der Waals surface area contributed by atoms with E-state index in [0.29, 0.717) is 0 Å². The minimum atomic E-state index is -0.833. The molecule has 8 heavy (non-hydrogen) atoms. The predicted octanol–water partition coefficient (Wildman–Crippen LogP) is 0.478. The molecular formula is C4H12ClNO2. The van der Waals surface area contributed by atoms with Crippen molar-refractivity contribution in [3.63, 3.8) is 0 Å². The number of rotatable bonds is 0. The molecule has 0 saturated carbocycles. The summed E-state index contributed by atoms with van der Waals surface area (Å²) in [6.45, 7) is 3.74. The van der Waals surface area contributed by atoms with Gasteiger partial charge in [0.1, 0.15) is 0 Å². The van der Waals surface area contributed by atoms with E-state index in [4.69, 9.17) is 15.6 Å². The van der Waals surface area contributed by atoms with Crippen molar-refractivity contribution in [3.05, 3.63) is 0 Å². The highest BCUT2D eigenvalue weighted by molar-refractivity contribution is 5.85. The Hall–Kier alpha value is -0.280. The van der Waals surface area contributed by atoms with Gasteiger partial charge in [-0.3, -0.25) is 4.79 Å². The van der Waals surface area contributed by atoms with E-state index >= 15 is 0 Å². The molecule has 0 aliphatic rings. The fourth-order valence-electron chi connectivity index (χ4n) is 0. The van der Waals surface area contributed by atoms with Crippen LogP contribution in [0.4, 0.5) is 0 Å². The molecule has 0 aromatic heterocycles. The minimum absolute atomic E-state index is 0. The molecule has 0 heterocycles. The fraction of sp³-hybridized carbons (Fsp3) is 0.750. The van der Waals surface area contributed by atoms with Gasteiger partial charge < -0.3 is 10.8 Å². The van der Waals surface area contributed by atoms with E-state index in [0.717, 1.165) is 13.5 Å². The molecule has 0 aliphatic heterocycles. The van der Waals surface area contributed by atoms with Gasteiger partial charge in [0, 0.05) is 6.92 Å². The summed E-state index contributed by atoms with van der Waals surface area (Å²) < 4.78 is 0. The molecule has 0 unspecified atom stereocenters. The van der Waals surface area contributed by atoms with Crippen LogP contribution in [-0.4, -0.2) is 17.6 Å². The molecule has 0 atom stereocenters. The first-order chi connectivity index (χ1) is 3.15. The Morgan fingerprint density at radius 1 is 1.75 bits per heavy atom. The molecule has 3 N–H and O–H groups in total. The van der Waals surface area contributed by atoms with Crippen LogP contribution in [-0.2, 0) is 4.79 Å². The molecule has 0 spiro atoms. The number of halogens is 1. The zero-order valence-electron chi connectivity index (χ0n) is 5.05. The van der Waals surface area contributed by atoms with Crippen molar-refractivity contribution >= 4 is 18.4 Å². The zero-order chi connectivity index (χ0) is 6.28. The van der Waals surface area contributed by atoms with E-state index in [1.807, 2.05) is 6.92 Å². The highest BCUT2D eigenvalue weighted by atomic mass is 35.5. The van der Waals surface area contributed by atoms with Crippen molar-refractivity contribution in [2.75, 3.05) is 6.54 Å². The van der Waals surface area contributed by atoms with Crippen LogP contribution < -0.4 is 5.73 Å². The summed E-state index contributed by atoms with van der Waals surface area (Å²) in [5, 5.41) is 7.42. The summed E-state index contributed by atoms with van der Waals surface area (Å²) in [6, 6.07) is 0. The quantitative estimate of drug-likeness (QED) is 0.516. The third-order valence-corrected chi connectivity index (χ3v) is 0. The van der Waals surface area contributed by atoms with Gasteiger partial charge >= 0.3 is 0 Å². The molecule has 0 saturated heterocycles. The Bertz CT molecular complexity index is 45.3. The van der Waals surface area contributed by atoms with Crippen molar-refractivity contribution in [2.24, 2.45) is 5.73 Å². The van der Waals surface area contributed by atoms with Gasteiger partial charge in [0.25, 0.3) is 5.97 Å². The van der Waals surface area contributed by atoms with Crippen LogP contribution in [0, 0.1) is 0 Å². The summed E-state index contributed by atoms with van der Waals surface area (Å²) in [6.07, 6.45) is 0. The van der Waals surface area contributed by atoms with Crippen LogP contribution in [0.25, 0.3) is 0 Å². The molecule has 0 aliphatic carbocycles. The molecule has 52 valence electrons. The number of carboxylic acids is 1. The summed E-state index contributed by atoms with van der Waals surface area (Å²) in [5.41, 5.74) is 4.85. The van der Waals surface area contributed by atoms with Gasteiger partial charge in [0.05, 0.1) is 0 Å². The maximum Gasteiger partial charge on any atom is 0.300 e. The lowest BCUT2D eigenvalue weighted by atomic mass is 10.8. The standard InChI is InChI=1S/C2H7N.C2H4O2.ClH/c1-2-3;1-2(3)4;/h2-3H2,1H3;1H3,(H,3,4);1H. The summed E-state index contributed by atoms with van der Waals surface area (Å²) in [7, 11) is 0. The van der Waals surface area contributed by atoms with Crippen LogP contribution in [0.3, 0.4) is 0 Å². The van der Waals surface area contributed by atoms with Crippen LogP contribution in [0.5, 0.6) is 0 Å². The Kier molecular flexibility index (Phi) is 31.1. The molecule has 3 nitrogen and oxygen atoms in total. The Morgan fingerprint density at radius 3 is 1.75 bits per heavy atom. The average Bonchev–Trinajstić information content (AvgIpc) is 1.33. The van der Waals surface area contributed by atoms with Crippen molar-refractivity contribution in [2.45, 2.75) is 13.8 Å². The molecule has 0 rings (SSSR count). The third kappa shape index (κ3) is 1630. The predicted molar refractivity (Wildman–Crippen MR) is 35.3 cm³/mol. The van der Waals surface area contributed by atoms with Crippen LogP contribution in [0.15, 0.2) is 0 Å². The average molecular weight is 142 g/mol. The normalized spacial score (nSPS) is 5.38. The lowest BCUT2D eigenvalue weighted by Crippen LogP contribution is -1.87. The molecule has 0 amide bonds. The Morgan fingerprint density at radius 2 is 1.75 bits per heavy atom. The first-order valence-electron chi connectivity index (χ1n) is 2.04. The molecule has 0 radical (unpaired) electrons. The second-order valence-corrected chi connectivity index (χ2v) is 0.927. The van der Waals surface area contributed by atoms with Gasteiger partial charge in [0.2, 0.25) is 0 Å². The monoisotopic (exact) mass is 141 g/mol. The molecule has 0 aromatic carbocycles. The van der Waals surface area contributed by atoms with Gasteiger partial charge in [-0.15, -0.1) is 12.4 Å². The van der Waals surface area contributed by atoms with Crippen LogP contribution in [0.1, 0.15) is 13.8 Å². The summed E-state index contributed by atoms with van der Waals surface area (Å²) in [5.74, 6) is -0.833. The minimum Gasteiger partial charge on any atom is -0.481 e. The summed E-state index contributed by atoms with van der Waals surface area (Å²) >= 11 is 0. The number of hydrogen-bond donors (Lipinski definition) is 2. The molecule has 0 aromatic rings. The van der Waals surface area contributed by atoms with E-state index in [9.17, 15) is 0 Å². The van der Waals surface area contributed by atoms with E-state index in [-0.39, 0.29) is 12.4 Å². The highest BCUT2D eigenvalue weighted by Crippen LogP contribution is 1.42. The first-order valence-corrected chi connectivity index (χ1v) is 2.04. The lowest BCUT2D eigenvalue weighted by molar-refractivity contribution is -0.134. The lowest BCUT2D eigenvalue weighted by Gasteiger charge is -1.59. The molecular weight excluding hydrogens is 130 g/mol. The topological polar surface area (TPSA) is 63.3 Å². The third-order valence-electron chi connectivity index (χ3n) is 0. The van der Waals surface area contributed by atoms with E-state index in [2.05, 4.69) is 0 Å². The second kappa shape index (κ2) is 15.9. The van der Waals surface area contributed by atoms with Gasteiger partial charge in [-0.2, -0.15) is 0 Å². The SMILES string of the molecule is CC(=O)O.CCN.Cl. The number of carboxylic acid groups (broad SMARTS) is 1. The second-order valence-electron chi connectivity index (χ2n) is 0.927. The number of nitrogens with two attached hydrogens (primary N) is 1. The van der Waals surface area contributed by atoms with Crippen molar-refractivity contribution in [1.82, 2.24) is 0 Å². The van der Waals surface area contributed by atoms with Crippen molar-refractivity contribution in [3.8, 4) is 0 Å². The van der Waals surface area contributed by atoms with E-state index in [1.54, 1.807) is 0 Å². The van der Waals surface area contributed by atoms with Gasteiger partial charge in [-0.25, -0.2) is 0 Å². The van der Waals surface area contributed by atoms with Crippen LogP contribution in [0.2, 0.25) is 0 Å². The van der Waals surface area contributed by atoms with E-state index < -0.39 is 5.97 Å². The molecule has 0 fully saturated rings. The smallest absolute Gasteiger partial charge is 0.300 e. The molecule has 0 bridgehead atoms. The summed E-state index contributed by atoms with van der Waals surface area (Å²) in [4.78, 5) is 9.00. The zero-order valence-corrected chi connectivity index (χ0v) is 5.86. The maximum absolute atomic E-state index is 9.00. The molecule has 4 heteroatoms.